The number of aliphatic hydroxyl groups excluding tert-OH is 1. The third kappa shape index (κ3) is 3.95. The van der Waals surface area contributed by atoms with Crippen molar-refractivity contribution < 1.29 is 14.6 Å². The molecule has 0 fully saturated rings. The fraction of sp³-hybridized carbons (Fsp3) is 0.625. The van der Waals surface area contributed by atoms with Crippen molar-refractivity contribution in [1.82, 2.24) is 5.32 Å². The molecule has 0 radical (unpaired) electrons. The van der Waals surface area contributed by atoms with Crippen LogP contribution < -0.4 is 10.1 Å². The standard InChI is InChI=1S/C16H25NO3/c1-3-17-16-8-5-12-9-14(6-7-15(12)16)20-11-13(18)10-19-4-2/h6-7,9,13,16-18H,3-5,8,10-11H2,1-2H3. The lowest BCUT2D eigenvalue weighted by molar-refractivity contribution is 0.0164. The van der Waals surface area contributed by atoms with Gasteiger partial charge < -0.3 is 19.9 Å². The van der Waals surface area contributed by atoms with Gasteiger partial charge in [-0.15, -0.1) is 0 Å². The topological polar surface area (TPSA) is 50.7 Å². The first kappa shape index (κ1) is 15.3. The van der Waals surface area contributed by atoms with Crippen molar-refractivity contribution in [3.05, 3.63) is 29.3 Å². The Bertz CT molecular complexity index is 422. The molecular weight excluding hydrogens is 254 g/mol. The van der Waals surface area contributed by atoms with E-state index in [4.69, 9.17) is 9.47 Å². The van der Waals surface area contributed by atoms with Crippen LogP contribution in [0, 0.1) is 0 Å². The van der Waals surface area contributed by atoms with E-state index in [1.807, 2.05) is 13.0 Å². The van der Waals surface area contributed by atoms with Crippen LogP contribution in [0.3, 0.4) is 0 Å². The molecule has 4 nitrogen and oxygen atoms in total. The number of benzene rings is 1. The van der Waals surface area contributed by atoms with Gasteiger partial charge in [0, 0.05) is 12.6 Å². The van der Waals surface area contributed by atoms with E-state index >= 15 is 0 Å². The van der Waals surface area contributed by atoms with Gasteiger partial charge in [-0.2, -0.15) is 0 Å². The molecule has 0 saturated carbocycles. The van der Waals surface area contributed by atoms with Gasteiger partial charge in [-0.25, -0.2) is 0 Å². The van der Waals surface area contributed by atoms with E-state index in [1.165, 1.54) is 11.1 Å². The van der Waals surface area contributed by atoms with Crippen LogP contribution in [0.25, 0.3) is 0 Å². The molecule has 2 N–H and O–H groups in total. The second-order valence-electron chi connectivity index (χ2n) is 5.13. The number of aliphatic hydroxyl groups is 1. The molecule has 112 valence electrons. The first-order valence-corrected chi connectivity index (χ1v) is 7.49. The molecule has 0 bridgehead atoms. The van der Waals surface area contributed by atoms with E-state index in [2.05, 4.69) is 24.4 Å². The molecule has 0 aliphatic heterocycles. The van der Waals surface area contributed by atoms with Crippen LogP contribution in [0.2, 0.25) is 0 Å². The summed E-state index contributed by atoms with van der Waals surface area (Å²) in [7, 11) is 0. The lowest BCUT2D eigenvalue weighted by Crippen LogP contribution is -2.23. The maximum absolute atomic E-state index is 9.69. The molecule has 2 unspecified atom stereocenters. The van der Waals surface area contributed by atoms with Crippen LogP contribution >= 0.6 is 0 Å². The quantitative estimate of drug-likeness (QED) is 0.765. The van der Waals surface area contributed by atoms with Gasteiger partial charge >= 0.3 is 0 Å². The fourth-order valence-electron chi connectivity index (χ4n) is 2.64. The number of nitrogens with one attached hydrogen (secondary N) is 1. The Labute approximate surface area is 121 Å². The van der Waals surface area contributed by atoms with Crippen LogP contribution in [-0.4, -0.2) is 37.6 Å². The monoisotopic (exact) mass is 279 g/mol. The van der Waals surface area contributed by atoms with E-state index in [9.17, 15) is 5.11 Å². The van der Waals surface area contributed by atoms with Gasteiger partial charge in [0.25, 0.3) is 0 Å². The van der Waals surface area contributed by atoms with Gasteiger partial charge in [-0.05, 0) is 49.6 Å². The maximum atomic E-state index is 9.69. The normalized spacial score (nSPS) is 18.9. The predicted octanol–water partition coefficient (Wildman–Crippen LogP) is 2.06. The summed E-state index contributed by atoms with van der Waals surface area (Å²) in [5.41, 5.74) is 2.74. The molecule has 0 saturated heterocycles. The van der Waals surface area contributed by atoms with Crippen LogP contribution in [-0.2, 0) is 11.2 Å². The van der Waals surface area contributed by atoms with Gasteiger partial charge in [0.2, 0.25) is 0 Å². The van der Waals surface area contributed by atoms with Crippen molar-refractivity contribution in [3.8, 4) is 5.75 Å². The van der Waals surface area contributed by atoms with Gasteiger partial charge in [0.05, 0.1) is 6.61 Å². The zero-order valence-electron chi connectivity index (χ0n) is 12.4. The first-order chi connectivity index (χ1) is 9.74. The van der Waals surface area contributed by atoms with Crippen molar-refractivity contribution in [1.29, 1.82) is 0 Å². The van der Waals surface area contributed by atoms with Gasteiger partial charge in [0.15, 0.2) is 0 Å². The van der Waals surface area contributed by atoms with Crippen molar-refractivity contribution in [3.63, 3.8) is 0 Å². The zero-order valence-corrected chi connectivity index (χ0v) is 12.4. The molecule has 1 aromatic carbocycles. The molecule has 1 aliphatic rings. The lowest BCUT2D eigenvalue weighted by Gasteiger charge is -2.14. The summed E-state index contributed by atoms with van der Waals surface area (Å²) in [5.74, 6) is 0.830. The number of rotatable bonds is 8. The highest BCUT2D eigenvalue weighted by Gasteiger charge is 2.21. The van der Waals surface area contributed by atoms with Gasteiger partial charge in [-0.1, -0.05) is 13.0 Å². The predicted molar refractivity (Wildman–Crippen MR) is 79.2 cm³/mol. The molecule has 4 heteroatoms. The Morgan fingerprint density at radius 3 is 2.95 bits per heavy atom. The van der Waals surface area contributed by atoms with Crippen molar-refractivity contribution in [2.45, 2.75) is 38.8 Å². The minimum Gasteiger partial charge on any atom is -0.491 e. The minimum atomic E-state index is -0.572. The third-order valence-corrected chi connectivity index (χ3v) is 3.60. The second-order valence-corrected chi connectivity index (χ2v) is 5.13. The summed E-state index contributed by atoms with van der Waals surface area (Å²) >= 11 is 0. The molecule has 0 amide bonds. The molecule has 1 aliphatic carbocycles. The largest absolute Gasteiger partial charge is 0.491 e. The summed E-state index contributed by atoms with van der Waals surface area (Å²) < 4.78 is 10.8. The molecule has 2 rings (SSSR count). The summed E-state index contributed by atoms with van der Waals surface area (Å²) in [6, 6.07) is 6.70. The molecule has 20 heavy (non-hydrogen) atoms. The Hall–Kier alpha value is -1.10. The number of fused-ring (bicyclic) bond motifs is 1. The van der Waals surface area contributed by atoms with Crippen molar-refractivity contribution >= 4 is 0 Å². The number of hydrogen-bond donors (Lipinski definition) is 2. The zero-order chi connectivity index (χ0) is 14.4. The highest BCUT2D eigenvalue weighted by atomic mass is 16.5. The van der Waals surface area contributed by atoms with Crippen molar-refractivity contribution in [2.75, 3.05) is 26.4 Å². The average molecular weight is 279 g/mol. The molecule has 2 atom stereocenters. The van der Waals surface area contributed by atoms with Gasteiger partial charge in [-0.3, -0.25) is 0 Å². The van der Waals surface area contributed by atoms with E-state index in [1.54, 1.807) is 0 Å². The maximum Gasteiger partial charge on any atom is 0.119 e. The Kier molecular flexibility index (Phi) is 5.83. The summed E-state index contributed by atoms with van der Waals surface area (Å²) in [4.78, 5) is 0. The van der Waals surface area contributed by atoms with E-state index in [0.29, 0.717) is 19.3 Å². The Morgan fingerprint density at radius 2 is 2.20 bits per heavy atom. The molecular formula is C16H25NO3. The molecule has 0 heterocycles. The Balaban J connectivity index is 1.89. The van der Waals surface area contributed by atoms with Crippen LogP contribution in [0.15, 0.2) is 18.2 Å². The highest BCUT2D eigenvalue weighted by molar-refractivity contribution is 5.40. The summed E-state index contributed by atoms with van der Waals surface area (Å²) in [6.45, 7) is 6.25. The second kappa shape index (κ2) is 7.62. The Morgan fingerprint density at radius 1 is 1.35 bits per heavy atom. The highest BCUT2D eigenvalue weighted by Crippen LogP contribution is 2.33. The van der Waals surface area contributed by atoms with Gasteiger partial charge in [0.1, 0.15) is 18.5 Å². The molecule has 1 aromatic rings. The van der Waals surface area contributed by atoms with Crippen LogP contribution in [0.1, 0.15) is 37.4 Å². The lowest BCUT2D eigenvalue weighted by atomic mass is 10.1. The number of ether oxygens (including phenoxy) is 2. The smallest absolute Gasteiger partial charge is 0.119 e. The summed E-state index contributed by atoms with van der Waals surface area (Å²) in [6.07, 6.45) is 1.67. The molecule has 0 aromatic heterocycles. The average Bonchev–Trinajstić information content (AvgIpc) is 2.86. The first-order valence-electron chi connectivity index (χ1n) is 7.49. The fourth-order valence-corrected chi connectivity index (χ4v) is 2.64. The van der Waals surface area contributed by atoms with Crippen molar-refractivity contribution in [2.24, 2.45) is 0 Å². The minimum absolute atomic E-state index is 0.273. The van der Waals surface area contributed by atoms with E-state index in [-0.39, 0.29) is 6.61 Å². The van der Waals surface area contributed by atoms with Crippen LogP contribution in [0.4, 0.5) is 0 Å². The third-order valence-electron chi connectivity index (χ3n) is 3.60. The summed E-state index contributed by atoms with van der Waals surface area (Å²) in [5, 5.41) is 13.2. The molecule has 0 spiro atoms. The van der Waals surface area contributed by atoms with E-state index in [0.717, 1.165) is 25.1 Å². The number of aryl methyl sites for hydroxylation is 1. The number of hydrogen-bond acceptors (Lipinski definition) is 4. The SMILES string of the molecule is CCNC1CCc2cc(OCC(O)COCC)ccc21. The van der Waals surface area contributed by atoms with E-state index < -0.39 is 6.10 Å². The van der Waals surface area contributed by atoms with Crippen LogP contribution in [0.5, 0.6) is 5.75 Å².